The third kappa shape index (κ3) is 3.12. The molecule has 19 heavy (non-hydrogen) atoms. The molecule has 0 fully saturated rings. The van der Waals surface area contributed by atoms with Crippen LogP contribution in [0.25, 0.3) is 0 Å². The second-order valence-corrected chi connectivity index (χ2v) is 4.31. The predicted octanol–water partition coefficient (Wildman–Crippen LogP) is 1.92. The summed E-state index contributed by atoms with van der Waals surface area (Å²) in [5, 5.41) is 22.5. The third-order valence-corrected chi connectivity index (χ3v) is 3.21. The van der Waals surface area contributed by atoms with Crippen LogP contribution in [0.5, 0.6) is 0 Å². The van der Waals surface area contributed by atoms with E-state index in [-0.39, 0.29) is 17.6 Å². The van der Waals surface area contributed by atoms with Gasteiger partial charge in [-0.1, -0.05) is 12.1 Å². The van der Waals surface area contributed by atoms with Crippen molar-refractivity contribution in [1.82, 2.24) is 0 Å². The molecule has 7 nitrogen and oxygen atoms in total. The van der Waals surface area contributed by atoms with Crippen molar-refractivity contribution in [2.45, 2.75) is 26.3 Å². The lowest BCUT2D eigenvalue weighted by molar-refractivity contribution is -0.384. The van der Waals surface area contributed by atoms with Crippen molar-refractivity contribution in [2.75, 3.05) is 11.9 Å². The van der Waals surface area contributed by atoms with Gasteiger partial charge in [0.2, 0.25) is 0 Å². The van der Waals surface area contributed by atoms with E-state index in [9.17, 15) is 10.1 Å². The van der Waals surface area contributed by atoms with E-state index >= 15 is 0 Å². The maximum absolute atomic E-state index is 10.8. The molecule has 7 heteroatoms. The summed E-state index contributed by atoms with van der Waals surface area (Å²) < 4.78 is 0. The Hall–Kier alpha value is -2.31. The number of nitro benzene ring substituents is 1. The van der Waals surface area contributed by atoms with Gasteiger partial charge in [-0.15, -0.1) is 0 Å². The van der Waals surface area contributed by atoms with Crippen molar-refractivity contribution < 1.29 is 10.1 Å². The normalized spacial score (nSPS) is 13.1. The minimum absolute atomic E-state index is 0.0945. The molecule has 1 unspecified atom stereocenters. The summed E-state index contributed by atoms with van der Waals surface area (Å²) in [4.78, 5) is 12.2. The van der Waals surface area contributed by atoms with Gasteiger partial charge in [-0.2, -0.15) is 0 Å². The molecule has 0 heterocycles. The lowest BCUT2D eigenvalue weighted by Gasteiger charge is -2.27. The van der Waals surface area contributed by atoms with Gasteiger partial charge in [0.25, 0.3) is 5.69 Å². The first-order chi connectivity index (χ1) is 8.92. The number of non-ortho nitro benzene ring substituents is 1. The smallest absolute Gasteiger partial charge is 0.270 e. The maximum Gasteiger partial charge on any atom is 0.270 e. The SMILES string of the molecule is CCC(C)N(C)c1ccc([N+](=O)[O-])cc1C(N)=NO. The van der Waals surface area contributed by atoms with Gasteiger partial charge in [-0.25, -0.2) is 0 Å². The monoisotopic (exact) mass is 266 g/mol. The highest BCUT2D eigenvalue weighted by molar-refractivity contribution is 6.02. The summed E-state index contributed by atoms with van der Waals surface area (Å²) in [5.74, 6) is -0.145. The lowest BCUT2D eigenvalue weighted by Crippen LogP contribution is -2.30. The van der Waals surface area contributed by atoms with E-state index in [1.807, 2.05) is 25.8 Å². The number of nitrogens with two attached hydrogens (primary N) is 1. The number of oxime groups is 1. The van der Waals surface area contributed by atoms with E-state index in [0.29, 0.717) is 11.3 Å². The average molecular weight is 266 g/mol. The van der Waals surface area contributed by atoms with Gasteiger partial charge in [-0.05, 0) is 19.4 Å². The molecule has 1 aromatic rings. The Balaban J connectivity index is 3.35. The summed E-state index contributed by atoms with van der Waals surface area (Å²) in [6.45, 7) is 4.06. The Morgan fingerprint density at radius 1 is 1.63 bits per heavy atom. The molecular formula is C12H18N4O3. The van der Waals surface area contributed by atoms with Crippen LogP contribution < -0.4 is 10.6 Å². The van der Waals surface area contributed by atoms with Crippen LogP contribution in [0.4, 0.5) is 11.4 Å². The molecule has 0 spiro atoms. The Morgan fingerprint density at radius 2 is 2.26 bits per heavy atom. The number of hydrogen-bond acceptors (Lipinski definition) is 5. The number of anilines is 1. The second kappa shape index (κ2) is 6.03. The van der Waals surface area contributed by atoms with Crippen LogP contribution in [0.2, 0.25) is 0 Å². The molecule has 0 bridgehead atoms. The summed E-state index contributed by atoms with van der Waals surface area (Å²) >= 11 is 0. The van der Waals surface area contributed by atoms with Gasteiger partial charge in [-0.3, -0.25) is 10.1 Å². The molecule has 0 aromatic heterocycles. The zero-order valence-corrected chi connectivity index (χ0v) is 11.2. The van der Waals surface area contributed by atoms with Crippen molar-refractivity contribution in [1.29, 1.82) is 0 Å². The second-order valence-electron chi connectivity index (χ2n) is 4.31. The molecule has 0 radical (unpaired) electrons. The number of rotatable bonds is 5. The van der Waals surface area contributed by atoms with Gasteiger partial charge in [0, 0.05) is 30.9 Å². The molecule has 1 rings (SSSR count). The third-order valence-electron chi connectivity index (χ3n) is 3.21. The number of amidine groups is 1. The largest absolute Gasteiger partial charge is 0.409 e. The van der Waals surface area contributed by atoms with Crippen LogP contribution in [0, 0.1) is 10.1 Å². The zero-order chi connectivity index (χ0) is 14.6. The molecule has 104 valence electrons. The van der Waals surface area contributed by atoms with Crippen molar-refractivity contribution in [3.63, 3.8) is 0 Å². The summed E-state index contributed by atoms with van der Waals surface area (Å²) in [6, 6.07) is 4.55. The topological polar surface area (TPSA) is 105 Å². The number of nitrogens with zero attached hydrogens (tertiary/aromatic N) is 3. The minimum atomic E-state index is -0.513. The van der Waals surface area contributed by atoms with E-state index in [2.05, 4.69) is 5.16 Å². The van der Waals surface area contributed by atoms with Crippen LogP contribution in [0.15, 0.2) is 23.4 Å². The molecule has 0 aliphatic carbocycles. The van der Waals surface area contributed by atoms with Crippen molar-refractivity contribution in [2.24, 2.45) is 10.9 Å². The highest BCUT2D eigenvalue weighted by atomic mass is 16.6. The molecule has 1 aromatic carbocycles. The average Bonchev–Trinajstić information content (AvgIpc) is 2.43. The van der Waals surface area contributed by atoms with Crippen molar-refractivity contribution in [3.05, 3.63) is 33.9 Å². The Labute approximate surface area is 111 Å². The van der Waals surface area contributed by atoms with E-state index < -0.39 is 4.92 Å². The van der Waals surface area contributed by atoms with Crippen LogP contribution in [-0.4, -0.2) is 29.1 Å². The van der Waals surface area contributed by atoms with Gasteiger partial charge in [0.1, 0.15) is 0 Å². The van der Waals surface area contributed by atoms with E-state index in [4.69, 9.17) is 10.9 Å². The molecule has 0 saturated heterocycles. The number of benzene rings is 1. The molecular weight excluding hydrogens is 248 g/mol. The Morgan fingerprint density at radius 3 is 2.74 bits per heavy atom. The highest BCUT2D eigenvalue weighted by Gasteiger charge is 2.18. The van der Waals surface area contributed by atoms with Crippen LogP contribution in [0.1, 0.15) is 25.8 Å². The Kier molecular flexibility index (Phi) is 4.68. The number of nitro groups is 1. The lowest BCUT2D eigenvalue weighted by atomic mass is 10.1. The van der Waals surface area contributed by atoms with E-state index in [1.54, 1.807) is 6.07 Å². The van der Waals surface area contributed by atoms with E-state index in [0.717, 1.165) is 6.42 Å². The fourth-order valence-electron chi connectivity index (χ4n) is 1.72. The molecule has 0 aliphatic heterocycles. The molecule has 3 N–H and O–H groups in total. The zero-order valence-electron chi connectivity index (χ0n) is 11.2. The van der Waals surface area contributed by atoms with Crippen molar-refractivity contribution in [3.8, 4) is 0 Å². The van der Waals surface area contributed by atoms with Gasteiger partial charge >= 0.3 is 0 Å². The first kappa shape index (κ1) is 14.7. The van der Waals surface area contributed by atoms with Gasteiger partial charge < -0.3 is 15.8 Å². The number of hydrogen-bond donors (Lipinski definition) is 2. The standard InChI is InChI=1S/C12H18N4O3/c1-4-8(2)15(3)11-6-5-9(16(18)19)7-10(11)12(13)14-17/h5-8,17H,4H2,1-3H3,(H2,13,14). The van der Waals surface area contributed by atoms with Gasteiger partial charge in [0.15, 0.2) is 5.84 Å². The molecule has 1 atom stereocenters. The fourth-order valence-corrected chi connectivity index (χ4v) is 1.72. The van der Waals surface area contributed by atoms with Crippen LogP contribution in [0.3, 0.4) is 0 Å². The van der Waals surface area contributed by atoms with Gasteiger partial charge in [0.05, 0.1) is 10.5 Å². The van der Waals surface area contributed by atoms with Crippen molar-refractivity contribution >= 4 is 17.2 Å². The fraction of sp³-hybridized carbons (Fsp3) is 0.417. The first-order valence-electron chi connectivity index (χ1n) is 5.91. The first-order valence-corrected chi connectivity index (χ1v) is 5.91. The molecule has 0 amide bonds. The summed E-state index contributed by atoms with van der Waals surface area (Å²) in [6.07, 6.45) is 0.906. The summed E-state index contributed by atoms with van der Waals surface area (Å²) in [7, 11) is 1.86. The predicted molar refractivity (Wildman–Crippen MR) is 73.8 cm³/mol. The molecule has 0 saturated carbocycles. The Bertz CT molecular complexity index is 502. The van der Waals surface area contributed by atoms with E-state index in [1.165, 1.54) is 12.1 Å². The highest BCUT2D eigenvalue weighted by Crippen LogP contribution is 2.26. The van der Waals surface area contributed by atoms with Crippen LogP contribution >= 0.6 is 0 Å². The molecule has 0 aliphatic rings. The van der Waals surface area contributed by atoms with Crippen LogP contribution in [-0.2, 0) is 0 Å². The summed E-state index contributed by atoms with van der Waals surface area (Å²) in [5.41, 5.74) is 6.54. The maximum atomic E-state index is 10.8. The minimum Gasteiger partial charge on any atom is -0.409 e. The quantitative estimate of drug-likeness (QED) is 0.278.